The number of rotatable bonds is 11. The minimum atomic E-state index is -0.550. The monoisotopic (exact) mass is 956 g/mol. The molecule has 1 aromatic carbocycles. The Hall–Kier alpha value is -6.19. The highest BCUT2D eigenvalue weighted by molar-refractivity contribution is 5.94. The van der Waals surface area contributed by atoms with Crippen LogP contribution in [0.4, 0.5) is 10.2 Å². The first-order chi connectivity index (χ1) is 33.9. The van der Waals surface area contributed by atoms with Crippen molar-refractivity contribution in [1.82, 2.24) is 50.4 Å². The number of hydrogen-bond donors (Lipinski definition) is 4. The molecule has 15 heteroatoms. The number of carbonyl (C=O) groups excluding carboxylic acids is 3. The van der Waals surface area contributed by atoms with Gasteiger partial charge in [-0.3, -0.25) is 33.8 Å². The molecule has 2 atom stereocenters. The summed E-state index contributed by atoms with van der Waals surface area (Å²) in [7, 11) is 0. The van der Waals surface area contributed by atoms with Crippen LogP contribution in [0.15, 0.2) is 89.8 Å². The third-order valence-corrected chi connectivity index (χ3v) is 14.4. The number of pyridine rings is 2. The largest absolute Gasteiger partial charge is 0.384 e. The van der Waals surface area contributed by atoms with E-state index in [1.165, 1.54) is 17.2 Å². The van der Waals surface area contributed by atoms with Gasteiger partial charge in [0.1, 0.15) is 17.7 Å². The van der Waals surface area contributed by atoms with Gasteiger partial charge in [0.05, 0.1) is 43.3 Å². The van der Waals surface area contributed by atoms with Gasteiger partial charge < -0.3 is 26.6 Å². The van der Waals surface area contributed by atoms with Crippen LogP contribution in [0.5, 0.6) is 0 Å². The fraction of sp³-hybridized carbons (Fsp3) is 0.491. The normalized spacial score (nSPS) is 20.1. The first-order valence-corrected chi connectivity index (χ1v) is 25.6. The Bertz CT molecular complexity index is 2530. The van der Waals surface area contributed by atoms with E-state index >= 15 is 4.39 Å². The molecule has 0 aliphatic carbocycles. The molecule has 2 unspecified atom stereocenters. The maximum Gasteiger partial charge on any atom is 0.254 e. The SMILES string of the molecule is C/C(=C\c1c(-c2ccc(N)nc2)ccnc1C)C(C)N1CCC(c2ccc(C(=O)N3CCn4nc(CN5CCC(C6=C(F)C=C(NC7CCC(=O)CNC7=O)CN6)CC5)cc4C3)cc2)CC1.CC.CC. The number of aryl methyl sites for hydroxylation is 1. The van der Waals surface area contributed by atoms with Crippen LogP contribution in [0.2, 0.25) is 0 Å². The molecule has 0 radical (unpaired) electrons. The molecule has 9 rings (SSSR count). The maximum absolute atomic E-state index is 15.4. The Morgan fingerprint density at radius 2 is 1.63 bits per heavy atom. The molecule has 5 N–H and O–H groups in total. The molecular formula is C55H74FN11O3. The van der Waals surface area contributed by atoms with E-state index in [2.05, 4.69) is 80.8 Å². The van der Waals surface area contributed by atoms with E-state index in [0.29, 0.717) is 74.3 Å². The Morgan fingerprint density at radius 3 is 2.33 bits per heavy atom. The summed E-state index contributed by atoms with van der Waals surface area (Å²) in [6, 6.07) is 16.1. The number of nitrogens with two attached hydrogens (primary N) is 1. The van der Waals surface area contributed by atoms with Crippen molar-refractivity contribution in [1.29, 1.82) is 0 Å². The van der Waals surface area contributed by atoms with Crippen LogP contribution in [0.1, 0.15) is 125 Å². The number of nitrogens with one attached hydrogen (secondary N) is 3. The Morgan fingerprint density at radius 1 is 0.900 bits per heavy atom. The van der Waals surface area contributed by atoms with Crippen LogP contribution >= 0.6 is 0 Å². The van der Waals surface area contributed by atoms with E-state index in [4.69, 9.17) is 10.8 Å². The average molecular weight is 956 g/mol. The molecule has 70 heavy (non-hydrogen) atoms. The average Bonchev–Trinajstić information content (AvgIpc) is 3.73. The van der Waals surface area contributed by atoms with Crippen molar-refractivity contribution >= 4 is 29.5 Å². The Kier molecular flexibility index (Phi) is 17.8. The fourth-order valence-electron chi connectivity index (χ4n) is 10.3. The third-order valence-electron chi connectivity index (χ3n) is 14.4. The van der Waals surface area contributed by atoms with Crippen LogP contribution in [0, 0.1) is 12.8 Å². The summed E-state index contributed by atoms with van der Waals surface area (Å²) in [4.78, 5) is 53.7. The lowest BCUT2D eigenvalue weighted by atomic mass is 9.88. The highest BCUT2D eigenvalue weighted by Gasteiger charge is 2.31. The summed E-state index contributed by atoms with van der Waals surface area (Å²) in [5, 5.41) is 14.0. The van der Waals surface area contributed by atoms with E-state index in [1.807, 2.05) is 80.0 Å². The van der Waals surface area contributed by atoms with Gasteiger partial charge in [0.15, 0.2) is 5.78 Å². The summed E-state index contributed by atoms with van der Waals surface area (Å²) in [6.45, 7) is 21.2. The molecule has 5 aliphatic rings. The first kappa shape index (κ1) is 51.7. The fourth-order valence-corrected chi connectivity index (χ4v) is 10.3. The molecule has 0 bridgehead atoms. The molecule has 3 saturated heterocycles. The highest BCUT2D eigenvalue weighted by atomic mass is 19.1. The lowest BCUT2D eigenvalue weighted by Gasteiger charge is -2.37. The summed E-state index contributed by atoms with van der Waals surface area (Å²) >= 11 is 0. The number of ketones is 1. The zero-order chi connectivity index (χ0) is 49.9. The first-order valence-electron chi connectivity index (χ1n) is 25.6. The lowest BCUT2D eigenvalue weighted by molar-refractivity contribution is -0.124. The minimum absolute atomic E-state index is 0.00254. The van der Waals surface area contributed by atoms with Crippen LogP contribution in [-0.4, -0.2) is 110 Å². The van der Waals surface area contributed by atoms with Crippen LogP contribution in [0.25, 0.3) is 17.2 Å². The molecule has 5 aliphatic heterocycles. The molecule has 0 saturated carbocycles. The molecule has 8 heterocycles. The van der Waals surface area contributed by atoms with Gasteiger partial charge >= 0.3 is 0 Å². The van der Waals surface area contributed by atoms with Crippen molar-refractivity contribution in [2.24, 2.45) is 5.92 Å². The third kappa shape index (κ3) is 12.4. The van der Waals surface area contributed by atoms with Gasteiger partial charge in [-0.1, -0.05) is 51.5 Å². The Labute approximate surface area is 414 Å². The summed E-state index contributed by atoms with van der Waals surface area (Å²) in [5.41, 5.74) is 16.7. The zero-order valence-corrected chi connectivity index (χ0v) is 42.4. The molecule has 3 fully saturated rings. The molecule has 4 aromatic rings. The molecule has 3 aromatic heterocycles. The lowest BCUT2D eigenvalue weighted by Crippen LogP contribution is -2.45. The smallest absolute Gasteiger partial charge is 0.254 e. The van der Waals surface area contributed by atoms with Crippen molar-refractivity contribution in [3.05, 3.63) is 124 Å². The number of nitrogens with zero attached hydrogens (tertiary/aromatic N) is 7. The number of benzene rings is 1. The number of hydrogen-bond acceptors (Lipinski definition) is 11. The van der Waals surface area contributed by atoms with Gasteiger partial charge in [0.2, 0.25) is 5.91 Å². The molecular weight excluding hydrogens is 882 g/mol. The van der Waals surface area contributed by atoms with E-state index in [9.17, 15) is 14.4 Å². The quantitative estimate of drug-likeness (QED) is 0.115. The van der Waals surface area contributed by atoms with E-state index < -0.39 is 6.04 Å². The number of allylic oxidation sites excluding steroid dienone is 3. The molecule has 2 amide bonds. The van der Waals surface area contributed by atoms with Crippen molar-refractivity contribution < 1.29 is 18.8 Å². The number of anilines is 1. The van der Waals surface area contributed by atoms with Gasteiger partial charge in [-0.05, 0) is 139 Å². The Balaban J connectivity index is 0.00000176. The van der Waals surface area contributed by atoms with Crippen molar-refractivity contribution in [2.45, 2.75) is 125 Å². The summed E-state index contributed by atoms with van der Waals surface area (Å²) in [6.07, 6.45) is 11.9. The number of amides is 2. The van der Waals surface area contributed by atoms with E-state index in [1.54, 1.807) is 0 Å². The van der Waals surface area contributed by atoms with Gasteiger partial charge in [-0.25, -0.2) is 9.37 Å². The molecule has 14 nitrogen and oxygen atoms in total. The van der Waals surface area contributed by atoms with Crippen LogP contribution in [-0.2, 0) is 29.2 Å². The number of nitrogen functional groups attached to an aromatic ring is 1. The summed E-state index contributed by atoms with van der Waals surface area (Å²) in [5.74, 6) is 0.559. The van der Waals surface area contributed by atoms with Gasteiger partial charge in [0, 0.05) is 71.9 Å². The molecule has 0 spiro atoms. The minimum Gasteiger partial charge on any atom is -0.384 e. The van der Waals surface area contributed by atoms with Crippen molar-refractivity contribution in [3.63, 3.8) is 0 Å². The number of dihydropyridines is 1. The number of fused-ring (bicyclic) bond motifs is 1. The second-order valence-electron chi connectivity index (χ2n) is 18.7. The number of halogens is 1. The summed E-state index contributed by atoms with van der Waals surface area (Å²) < 4.78 is 17.4. The standard InChI is InChI=1S/C51H62FN11O3.2C2H6/c1-32(24-45-33(2)54-17-12-44(45)39-8-11-48(53)55-27-39)34(3)61-20-15-36(16-21-61)35-4-6-38(7-5-35)51(66)62-22-23-63-42(31-62)25-41(59-63)30-60-18-13-37(14-19-60)49-46(52)26-40(28-56-49)58-47-10-9-43(64)29-57-50(47)65;2*1-2/h4-8,11-12,17,24-27,34,36-37,47,56,58H,9-10,13-16,18-23,28-31H2,1-3H3,(H2,53,55)(H,57,65);2*1-2H3/b32-24+;;. The van der Waals surface area contributed by atoms with E-state index in [0.717, 1.165) is 85.6 Å². The number of Topliss-reactive ketones (excluding diaryl/α,β-unsaturated/α-hetero) is 1. The van der Waals surface area contributed by atoms with E-state index in [-0.39, 0.29) is 41.9 Å². The van der Waals surface area contributed by atoms with Crippen LogP contribution < -0.4 is 21.7 Å². The van der Waals surface area contributed by atoms with Gasteiger partial charge in [-0.15, -0.1) is 0 Å². The number of likely N-dealkylation sites (tertiary alicyclic amines) is 2. The van der Waals surface area contributed by atoms with Crippen LogP contribution in [0.3, 0.4) is 0 Å². The predicted octanol–water partition coefficient (Wildman–Crippen LogP) is 7.93. The predicted molar refractivity (Wildman–Crippen MR) is 276 cm³/mol. The van der Waals surface area contributed by atoms with Crippen molar-refractivity contribution in [3.8, 4) is 11.1 Å². The second-order valence-corrected chi connectivity index (χ2v) is 18.7. The molecule has 374 valence electrons. The maximum atomic E-state index is 15.4. The number of piperidine rings is 2. The number of aromatic nitrogens is 4. The van der Waals surface area contributed by atoms with Gasteiger partial charge in [0.25, 0.3) is 5.91 Å². The topological polar surface area (TPSA) is 167 Å². The number of carbonyl (C=O) groups is 3. The second kappa shape index (κ2) is 24.1. The van der Waals surface area contributed by atoms with Gasteiger partial charge in [-0.2, -0.15) is 5.10 Å². The zero-order valence-electron chi connectivity index (χ0n) is 42.4. The van der Waals surface area contributed by atoms with Crippen molar-refractivity contribution in [2.75, 3.05) is 51.5 Å². The highest BCUT2D eigenvalue weighted by Crippen LogP contribution is 2.33.